The van der Waals surface area contributed by atoms with Crippen LogP contribution in [0.5, 0.6) is 0 Å². The Balaban J connectivity index is 2.33. The van der Waals surface area contributed by atoms with Crippen LogP contribution in [0, 0.1) is 0 Å². The Morgan fingerprint density at radius 1 is 1.55 bits per heavy atom. The molecule has 0 atom stereocenters. The summed E-state index contributed by atoms with van der Waals surface area (Å²) in [5.74, 6) is 0. The van der Waals surface area contributed by atoms with Gasteiger partial charge in [0.1, 0.15) is 0 Å². The summed E-state index contributed by atoms with van der Waals surface area (Å²) >= 11 is 0. The van der Waals surface area contributed by atoms with Crippen molar-refractivity contribution < 1.29 is 9.63 Å². The van der Waals surface area contributed by atoms with Crippen LogP contribution in [0.15, 0.2) is 0 Å². The predicted molar refractivity (Wildman–Crippen MR) is 41.8 cm³/mol. The van der Waals surface area contributed by atoms with Crippen LogP contribution < -0.4 is 0 Å². The van der Waals surface area contributed by atoms with E-state index in [0.717, 1.165) is 19.3 Å². The van der Waals surface area contributed by atoms with Crippen molar-refractivity contribution in [1.82, 2.24) is 5.06 Å². The van der Waals surface area contributed by atoms with Crippen molar-refractivity contribution in [2.75, 3.05) is 6.61 Å². The summed E-state index contributed by atoms with van der Waals surface area (Å²) in [5, 5.41) is 1.47. The van der Waals surface area contributed by atoms with E-state index in [1.165, 1.54) is 17.9 Å². The Hall–Kier alpha value is -0.570. The molecule has 0 aromatic carbocycles. The van der Waals surface area contributed by atoms with Crippen LogP contribution in [-0.4, -0.2) is 24.1 Å². The van der Waals surface area contributed by atoms with Gasteiger partial charge in [-0.1, -0.05) is 12.8 Å². The van der Waals surface area contributed by atoms with Gasteiger partial charge < -0.3 is 0 Å². The number of hydrogen-bond acceptors (Lipinski definition) is 2. The van der Waals surface area contributed by atoms with Crippen LogP contribution in [0.4, 0.5) is 0 Å². The number of hydrogen-bond donors (Lipinski definition) is 0. The average Bonchev–Trinajstić information content (AvgIpc) is 2.52. The lowest BCUT2D eigenvalue weighted by atomic mass is 10.2. The third kappa shape index (κ3) is 2.19. The predicted octanol–water partition coefficient (Wildman–Crippen LogP) is 1.34. The highest BCUT2D eigenvalue weighted by Gasteiger charge is 2.21. The van der Waals surface area contributed by atoms with E-state index in [4.69, 9.17) is 4.84 Å². The summed E-state index contributed by atoms with van der Waals surface area (Å²) in [6, 6.07) is 0.340. The number of rotatable bonds is 4. The molecule has 11 heavy (non-hydrogen) atoms. The van der Waals surface area contributed by atoms with Crippen molar-refractivity contribution in [3.05, 3.63) is 0 Å². The van der Waals surface area contributed by atoms with Crippen molar-refractivity contribution >= 4 is 6.41 Å². The summed E-state index contributed by atoms with van der Waals surface area (Å²) in [6.07, 6.45) is 5.43. The molecule has 1 amide bonds. The molecule has 0 heterocycles. The molecule has 1 aliphatic rings. The summed E-state index contributed by atoms with van der Waals surface area (Å²) in [7, 11) is 0. The van der Waals surface area contributed by atoms with Gasteiger partial charge in [0.25, 0.3) is 0 Å². The lowest BCUT2D eigenvalue weighted by molar-refractivity contribution is -0.183. The largest absolute Gasteiger partial charge is 0.276 e. The molecule has 1 aliphatic carbocycles. The molecule has 0 radical (unpaired) electrons. The van der Waals surface area contributed by atoms with Gasteiger partial charge in [-0.15, -0.1) is 0 Å². The fourth-order valence-electron chi connectivity index (χ4n) is 1.53. The molecular formula is C8H15NO2. The smallest absolute Gasteiger partial charge is 0.233 e. The summed E-state index contributed by atoms with van der Waals surface area (Å²) in [6.45, 7) is 2.47. The van der Waals surface area contributed by atoms with Crippen LogP contribution in [-0.2, 0) is 9.63 Å². The molecular weight excluding hydrogens is 142 g/mol. The minimum atomic E-state index is 0.340. The zero-order valence-electron chi connectivity index (χ0n) is 6.95. The highest BCUT2D eigenvalue weighted by Crippen LogP contribution is 2.22. The molecule has 1 saturated carbocycles. The fourth-order valence-corrected chi connectivity index (χ4v) is 1.53. The monoisotopic (exact) mass is 157 g/mol. The maximum atomic E-state index is 10.5. The van der Waals surface area contributed by atoms with Gasteiger partial charge in [-0.05, 0) is 19.8 Å². The topological polar surface area (TPSA) is 29.5 Å². The fraction of sp³-hybridized carbons (Fsp3) is 0.875. The normalized spacial score (nSPS) is 18.6. The summed E-state index contributed by atoms with van der Waals surface area (Å²) < 4.78 is 0. The van der Waals surface area contributed by atoms with E-state index in [1.54, 1.807) is 0 Å². The van der Waals surface area contributed by atoms with E-state index in [1.807, 2.05) is 6.92 Å². The van der Waals surface area contributed by atoms with Crippen LogP contribution in [0.2, 0.25) is 0 Å². The molecule has 3 nitrogen and oxygen atoms in total. The van der Waals surface area contributed by atoms with Crippen molar-refractivity contribution in [2.45, 2.75) is 38.6 Å². The molecule has 3 heteroatoms. The lowest BCUT2D eigenvalue weighted by Crippen LogP contribution is -2.31. The molecule has 0 spiro atoms. The SMILES string of the molecule is CCON(C=O)C1CCCC1. The van der Waals surface area contributed by atoms with Crippen molar-refractivity contribution in [3.8, 4) is 0 Å². The maximum Gasteiger partial charge on any atom is 0.233 e. The number of amides is 1. The molecule has 0 N–H and O–H groups in total. The van der Waals surface area contributed by atoms with Crippen LogP contribution in [0.25, 0.3) is 0 Å². The summed E-state index contributed by atoms with van der Waals surface area (Å²) in [4.78, 5) is 15.6. The number of hydroxylamine groups is 2. The molecule has 1 rings (SSSR count). The van der Waals surface area contributed by atoms with Crippen molar-refractivity contribution in [3.63, 3.8) is 0 Å². The molecule has 0 aromatic rings. The molecule has 0 aliphatic heterocycles. The van der Waals surface area contributed by atoms with Gasteiger partial charge in [0.05, 0.1) is 12.6 Å². The second-order valence-electron chi connectivity index (χ2n) is 2.82. The minimum absolute atomic E-state index is 0.340. The number of carbonyl (C=O) groups excluding carboxylic acids is 1. The first-order valence-electron chi connectivity index (χ1n) is 4.25. The molecule has 0 unspecified atom stereocenters. The first-order chi connectivity index (χ1) is 5.38. The Morgan fingerprint density at radius 2 is 2.18 bits per heavy atom. The van der Waals surface area contributed by atoms with E-state index in [2.05, 4.69) is 0 Å². The third-order valence-corrected chi connectivity index (χ3v) is 2.07. The highest BCUT2D eigenvalue weighted by atomic mass is 16.7. The van der Waals surface area contributed by atoms with Crippen LogP contribution in [0.1, 0.15) is 32.6 Å². The van der Waals surface area contributed by atoms with Gasteiger partial charge in [0.2, 0.25) is 6.41 Å². The molecule has 1 fully saturated rings. The first kappa shape index (κ1) is 8.53. The molecule has 64 valence electrons. The Morgan fingerprint density at radius 3 is 2.64 bits per heavy atom. The zero-order valence-corrected chi connectivity index (χ0v) is 6.95. The minimum Gasteiger partial charge on any atom is -0.276 e. The third-order valence-electron chi connectivity index (χ3n) is 2.07. The summed E-state index contributed by atoms with van der Waals surface area (Å²) in [5.41, 5.74) is 0. The zero-order chi connectivity index (χ0) is 8.10. The van der Waals surface area contributed by atoms with E-state index in [9.17, 15) is 4.79 Å². The van der Waals surface area contributed by atoms with E-state index >= 15 is 0 Å². The second kappa shape index (κ2) is 4.34. The Bertz CT molecular complexity index is 121. The van der Waals surface area contributed by atoms with Gasteiger partial charge in [0, 0.05) is 0 Å². The Kier molecular flexibility index (Phi) is 3.36. The van der Waals surface area contributed by atoms with Crippen LogP contribution in [0.3, 0.4) is 0 Å². The highest BCUT2D eigenvalue weighted by molar-refractivity contribution is 5.45. The van der Waals surface area contributed by atoms with Gasteiger partial charge in [0.15, 0.2) is 0 Å². The second-order valence-corrected chi connectivity index (χ2v) is 2.82. The van der Waals surface area contributed by atoms with Gasteiger partial charge in [-0.25, -0.2) is 5.06 Å². The number of carbonyl (C=O) groups is 1. The van der Waals surface area contributed by atoms with Crippen molar-refractivity contribution in [1.29, 1.82) is 0 Å². The molecule has 0 bridgehead atoms. The quantitative estimate of drug-likeness (QED) is 0.455. The van der Waals surface area contributed by atoms with E-state index in [0.29, 0.717) is 12.6 Å². The van der Waals surface area contributed by atoms with Gasteiger partial charge >= 0.3 is 0 Å². The van der Waals surface area contributed by atoms with Crippen molar-refractivity contribution in [2.24, 2.45) is 0 Å². The maximum absolute atomic E-state index is 10.5. The molecule has 0 saturated heterocycles. The average molecular weight is 157 g/mol. The standard InChI is InChI=1S/C8H15NO2/c1-2-11-9(7-10)8-5-3-4-6-8/h7-8H,2-6H2,1H3. The van der Waals surface area contributed by atoms with E-state index < -0.39 is 0 Å². The van der Waals surface area contributed by atoms with Gasteiger partial charge in [-0.2, -0.15) is 0 Å². The van der Waals surface area contributed by atoms with Crippen LogP contribution >= 0.6 is 0 Å². The Labute approximate surface area is 67.3 Å². The first-order valence-corrected chi connectivity index (χ1v) is 4.25. The lowest BCUT2D eigenvalue weighted by Gasteiger charge is -2.22. The van der Waals surface area contributed by atoms with E-state index in [-0.39, 0.29) is 0 Å². The molecule has 0 aromatic heterocycles. The number of nitrogens with zero attached hydrogens (tertiary/aromatic N) is 1. The van der Waals surface area contributed by atoms with Gasteiger partial charge in [-0.3, -0.25) is 9.63 Å².